The Bertz CT molecular complexity index is 2720. The van der Waals surface area contributed by atoms with Gasteiger partial charge in [-0.15, -0.1) is 0 Å². The van der Waals surface area contributed by atoms with Gasteiger partial charge in [-0.25, -0.2) is 35.1 Å². The molecule has 4 saturated carbocycles. The van der Waals surface area contributed by atoms with Gasteiger partial charge in [0.25, 0.3) is 0 Å². The van der Waals surface area contributed by atoms with E-state index in [0.717, 1.165) is 11.1 Å². The molecule has 76 heavy (non-hydrogen) atoms. The lowest BCUT2D eigenvalue weighted by Crippen LogP contribution is -2.51. The van der Waals surface area contributed by atoms with E-state index in [4.69, 9.17) is 45.6 Å². The molecule has 0 spiro atoms. The van der Waals surface area contributed by atoms with E-state index in [2.05, 4.69) is 5.10 Å². The molecule has 4 aromatic rings. The van der Waals surface area contributed by atoms with Crippen molar-refractivity contribution in [2.24, 2.45) is 22.2 Å². The van der Waals surface area contributed by atoms with Gasteiger partial charge in [-0.05, 0) is 47.9 Å². The van der Waals surface area contributed by atoms with Gasteiger partial charge in [0.05, 0.1) is 51.1 Å². The molecule has 0 bridgehead atoms. The highest BCUT2D eigenvalue weighted by atomic mass is 35.5. The summed E-state index contributed by atoms with van der Waals surface area (Å²) in [5.41, 5.74) is 0.000563. The van der Waals surface area contributed by atoms with E-state index >= 15 is 0 Å². The zero-order valence-electron chi connectivity index (χ0n) is 42.1. The summed E-state index contributed by atoms with van der Waals surface area (Å²) in [6.07, 6.45) is -1.75. The molecule has 1 N–H and O–H groups in total. The van der Waals surface area contributed by atoms with Crippen molar-refractivity contribution in [2.75, 3.05) is 6.54 Å². The first kappa shape index (κ1) is 59.7. The number of nitrogens with zero attached hydrogens (tertiary/aromatic N) is 3. The lowest BCUT2D eigenvalue weighted by molar-refractivity contribution is -0.200. The molecule has 9 rings (SSSR count). The smallest absolute Gasteiger partial charge is 0.312 e. The van der Waals surface area contributed by atoms with E-state index in [1.807, 2.05) is 67.6 Å². The number of carbonyl (C=O) groups excluding carboxylic acids is 4. The summed E-state index contributed by atoms with van der Waals surface area (Å²) >= 11 is 12.1. The van der Waals surface area contributed by atoms with Gasteiger partial charge in [0, 0.05) is 69.9 Å². The highest BCUT2D eigenvalue weighted by Crippen LogP contribution is 2.57. The summed E-state index contributed by atoms with van der Waals surface area (Å²) < 4.78 is 114. The first-order chi connectivity index (χ1) is 35.5. The Hall–Kier alpha value is -5.50. The van der Waals surface area contributed by atoms with Crippen LogP contribution in [0.15, 0.2) is 78.9 Å². The number of carboxylic acids is 1. The van der Waals surface area contributed by atoms with Crippen molar-refractivity contribution in [3.8, 4) is 11.3 Å². The van der Waals surface area contributed by atoms with Crippen LogP contribution in [0.2, 0.25) is 10.0 Å². The Morgan fingerprint density at radius 1 is 0.671 bits per heavy atom. The third-order valence-corrected chi connectivity index (χ3v) is 15.5. The van der Waals surface area contributed by atoms with Gasteiger partial charge in [-0.1, -0.05) is 111 Å². The summed E-state index contributed by atoms with van der Waals surface area (Å²) in [6.45, 7) is 6.40. The molecule has 410 valence electrons. The summed E-state index contributed by atoms with van der Waals surface area (Å²) in [5, 5.41) is 13.8. The van der Waals surface area contributed by atoms with Gasteiger partial charge in [0.15, 0.2) is 7.85 Å². The molecule has 2 heterocycles. The van der Waals surface area contributed by atoms with E-state index < -0.39 is 82.3 Å². The van der Waals surface area contributed by atoms with Crippen LogP contribution in [-0.4, -0.2) is 87.4 Å². The number of hydrogen-bond acceptors (Lipinski definition) is 8. The van der Waals surface area contributed by atoms with Crippen LogP contribution in [0.5, 0.6) is 0 Å². The molecule has 0 atom stereocenters. The molecule has 11 nitrogen and oxygen atoms in total. The number of benzene rings is 3. The Kier molecular flexibility index (Phi) is 18.6. The normalized spacial score (nSPS) is 20.1. The van der Waals surface area contributed by atoms with Crippen molar-refractivity contribution in [2.45, 2.75) is 148 Å². The lowest BCUT2D eigenvalue weighted by atomic mass is 9.62. The summed E-state index contributed by atoms with van der Waals surface area (Å²) in [5.74, 6) is -13.7. The third kappa shape index (κ3) is 14.5. The van der Waals surface area contributed by atoms with Crippen LogP contribution >= 0.6 is 23.2 Å². The number of alkyl halides is 8. The van der Waals surface area contributed by atoms with Gasteiger partial charge in [-0.3, -0.25) is 23.9 Å². The highest BCUT2D eigenvalue weighted by Gasteiger charge is 2.61. The number of aromatic nitrogens is 2. The number of hydrogen-bond donors (Lipinski definition) is 1. The van der Waals surface area contributed by atoms with E-state index in [-0.39, 0.29) is 82.6 Å². The molecule has 3 aromatic carbocycles. The first-order valence-corrected chi connectivity index (χ1v) is 25.5. The minimum absolute atomic E-state index is 0.0682. The number of ether oxygens (including phenoxy) is 2. The standard InChI is InChI=1S/C21H20BCl2F2N3O2.C14H16F2O2.C12H12F2O2.C7H10F2O2/c1-2-20(10-21(25,26)11-20)8-16(30)28-5-6-29-15(9-28)17(19(22)31)18(27-29)12-3-4-13(23)14(24)7-12;1-2-13(9-14(15,16)10-13)12(17)18-8-11-6-4-3-5-7-11;13-12(14)6-10(7-12)11(15)16-8-9-4-2-1-3-5-9;1-2-6(5(10)11)3-7(8,9)4-6/h3-4,7H,2,5-6,8-11H2,1H3;3-7H,2,8-10H2,1H3;1-5,10H,6-8H2;2-4H2,1H3,(H,10,11). The quantitative estimate of drug-likeness (QED) is 0.0741. The van der Waals surface area contributed by atoms with E-state index in [9.17, 15) is 59.1 Å². The predicted molar refractivity (Wildman–Crippen MR) is 266 cm³/mol. The van der Waals surface area contributed by atoms with Gasteiger partial charge in [0.2, 0.25) is 29.6 Å². The van der Waals surface area contributed by atoms with Crippen LogP contribution in [0.3, 0.4) is 0 Å². The van der Waals surface area contributed by atoms with E-state index in [0.29, 0.717) is 52.9 Å². The predicted octanol–water partition coefficient (Wildman–Crippen LogP) is 13.0. The number of esters is 2. The largest absolute Gasteiger partial charge is 0.481 e. The monoisotopic (exact) mass is 1110 g/mol. The van der Waals surface area contributed by atoms with Crippen LogP contribution in [0.1, 0.15) is 125 Å². The SMILES string of the molecule is CCC1(C(=O)O)CC(F)(F)C1.CCC1(C(=O)OCc2ccccc2)CC(F)(F)C1.O=C(OCc1ccccc1)C1CC(F)(F)C1.[B]C(=O)c1c(-c2ccc(Cl)c(Cl)c2)nn2c1CN(C(=O)CC1(CC)CC(F)(F)C1)CC2. The number of fused-ring (bicyclic) bond motifs is 1. The molecule has 22 heteroatoms. The number of halogens is 10. The number of carboxylic acid groups (broad SMARTS) is 1. The van der Waals surface area contributed by atoms with Crippen LogP contribution < -0.4 is 0 Å². The second kappa shape index (κ2) is 23.6. The zero-order valence-corrected chi connectivity index (χ0v) is 43.6. The molecule has 1 aromatic heterocycles. The van der Waals surface area contributed by atoms with Gasteiger partial charge in [0.1, 0.15) is 24.6 Å². The zero-order chi connectivity index (χ0) is 56.1. The van der Waals surface area contributed by atoms with Gasteiger partial charge < -0.3 is 24.3 Å². The molecule has 4 fully saturated rings. The van der Waals surface area contributed by atoms with Crippen molar-refractivity contribution in [3.63, 3.8) is 0 Å². The fraction of sp³-hybridized carbons (Fsp3) is 0.519. The Morgan fingerprint density at radius 2 is 1.18 bits per heavy atom. The topological polar surface area (TPSA) is 145 Å². The van der Waals surface area contributed by atoms with Crippen LogP contribution in [-0.2, 0) is 55.0 Å². The van der Waals surface area contributed by atoms with E-state index in [1.54, 1.807) is 41.6 Å². The molecule has 5 aliphatic rings. The second-order valence-electron chi connectivity index (χ2n) is 20.5. The fourth-order valence-electron chi connectivity index (χ4n) is 10.1. The van der Waals surface area contributed by atoms with Crippen LogP contribution in [0, 0.1) is 22.2 Å². The lowest BCUT2D eigenvalue weighted by Gasteiger charge is -2.47. The molecule has 1 amide bonds. The van der Waals surface area contributed by atoms with Crippen molar-refractivity contribution in [1.29, 1.82) is 0 Å². The van der Waals surface area contributed by atoms with Crippen LogP contribution in [0.25, 0.3) is 11.3 Å². The summed E-state index contributed by atoms with van der Waals surface area (Å²) in [4.78, 5) is 60.5. The second-order valence-corrected chi connectivity index (χ2v) is 21.4. The average molecular weight is 1110 g/mol. The Morgan fingerprint density at radius 3 is 1.62 bits per heavy atom. The van der Waals surface area contributed by atoms with Crippen molar-refractivity contribution in [3.05, 3.63) is 111 Å². The number of amides is 1. The fourth-order valence-corrected chi connectivity index (χ4v) is 10.4. The molecular formula is C54H58BCl2F8N3O8. The maximum Gasteiger partial charge on any atom is 0.312 e. The summed E-state index contributed by atoms with van der Waals surface area (Å²) in [7, 11) is 5.66. The average Bonchev–Trinajstić information content (AvgIpc) is 3.73. The highest BCUT2D eigenvalue weighted by molar-refractivity contribution is 6.63. The Balaban J connectivity index is 0.000000178. The number of carbonyl (C=O) groups is 5. The minimum atomic E-state index is -2.74. The van der Waals surface area contributed by atoms with Crippen LogP contribution in [0.4, 0.5) is 35.1 Å². The molecule has 4 aliphatic carbocycles. The molecule has 0 unspecified atom stereocenters. The summed E-state index contributed by atoms with van der Waals surface area (Å²) in [6, 6.07) is 23.3. The molecule has 2 radical (unpaired) electrons. The number of rotatable bonds is 14. The molecule has 0 saturated heterocycles. The van der Waals surface area contributed by atoms with Gasteiger partial charge >= 0.3 is 17.9 Å². The maximum atomic E-state index is 13.5. The minimum Gasteiger partial charge on any atom is -0.481 e. The van der Waals surface area contributed by atoms with Crippen molar-refractivity contribution < 1.29 is 73.7 Å². The third-order valence-electron chi connectivity index (χ3n) is 14.8. The van der Waals surface area contributed by atoms with Gasteiger partial charge in [-0.2, -0.15) is 5.10 Å². The van der Waals surface area contributed by atoms with Crippen molar-refractivity contribution in [1.82, 2.24) is 14.7 Å². The van der Waals surface area contributed by atoms with E-state index in [1.165, 1.54) is 0 Å². The molecular weight excluding hydrogens is 1050 g/mol. The Labute approximate surface area is 446 Å². The molecule has 1 aliphatic heterocycles. The number of aliphatic carboxylic acids is 1. The first-order valence-electron chi connectivity index (χ1n) is 24.8. The van der Waals surface area contributed by atoms with Crippen molar-refractivity contribution >= 4 is 60.5 Å². The maximum absolute atomic E-state index is 13.5.